The maximum Gasteiger partial charge on any atom is 0.251 e. The summed E-state index contributed by atoms with van der Waals surface area (Å²) >= 11 is 0. The number of amides is 1. The molecule has 6 heteroatoms. The zero-order chi connectivity index (χ0) is 19.8. The fraction of sp³-hybridized carbons (Fsp3) is 0.381. The first-order valence-electron chi connectivity index (χ1n) is 8.81. The largest absolute Gasteiger partial charge is 0.493 e. The van der Waals surface area contributed by atoms with E-state index in [0.717, 1.165) is 5.75 Å². The van der Waals surface area contributed by atoms with Crippen molar-refractivity contribution in [3.05, 3.63) is 47.5 Å². The van der Waals surface area contributed by atoms with Gasteiger partial charge >= 0.3 is 0 Å². The monoisotopic (exact) mass is 373 g/mol. The molecule has 1 amide bonds. The molecule has 0 aliphatic rings. The van der Waals surface area contributed by atoms with E-state index in [9.17, 15) is 4.79 Å². The average Bonchev–Trinajstić information content (AvgIpc) is 2.70. The molecule has 0 aliphatic heterocycles. The van der Waals surface area contributed by atoms with Gasteiger partial charge in [-0.05, 0) is 35.7 Å². The predicted molar refractivity (Wildman–Crippen MR) is 104 cm³/mol. The van der Waals surface area contributed by atoms with Crippen LogP contribution in [0, 0.1) is 0 Å². The molecule has 0 saturated heterocycles. The Balaban J connectivity index is 1.92. The third kappa shape index (κ3) is 5.29. The number of hydrogen-bond acceptors (Lipinski definition) is 5. The van der Waals surface area contributed by atoms with E-state index in [-0.39, 0.29) is 5.91 Å². The van der Waals surface area contributed by atoms with Crippen LogP contribution in [0.25, 0.3) is 0 Å². The summed E-state index contributed by atoms with van der Waals surface area (Å²) in [4.78, 5) is 12.4. The number of ether oxygens (including phenoxy) is 4. The van der Waals surface area contributed by atoms with Crippen molar-refractivity contribution < 1.29 is 23.7 Å². The summed E-state index contributed by atoms with van der Waals surface area (Å²) in [6.07, 6.45) is 0. The lowest BCUT2D eigenvalue weighted by atomic mass is 10.0. The van der Waals surface area contributed by atoms with Gasteiger partial charge in [0.2, 0.25) is 5.75 Å². The Labute approximate surface area is 160 Å². The van der Waals surface area contributed by atoms with E-state index in [4.69, 9.17) is 18.9 Å². The lowest BCUT2D eigenvalue weighted by Gasteiger charge is -2.14. The lowest BCUT2D eigenvalue weighted by molar-refractivity contribution is 0.0946. The molecule has 0 fully saturated rings. The molecule has 1 N–H and O–H groups in total. The first-order valence-corrected chi connectivity index (χ1v) is 8.81. The molecule has 0 saturated carbocycles. The standard InChI is InChI=1S/C21H27NO5/c1-14(2)15-6-8-17(9-7-15)27-11-10-22-21(23)16-12-18(24-3)20(26-5)19(13-16)25-4/h6-9,12-14H,10-11H2,1-5H3,(H,22,23). The molecule has 0 aliphatic carbocycles. The molecule has 2 aromatic carbocycles. The third-order valence-corrected chi connectivity index (χ3v) is 4.13. The van der Waals surface area contributed by atoms with Crippen molar-refractivity contribution in [2.75, 3.05) is 34.5 Å². The Morgan fingerprint density at radius 3 is 2.04 bits per heavy atom. The fourth-order valence-corrected chi connectivity index (χ4v) is 2.60. The second-order valence-electron chi connectivity index (χ2n) is 6.24. The van der Waals surface area contributed by atoms with E-state index in [0.29, 0.717) is 41.9 Å². The minimum Gasteiger partial charge on any atom is -0.493 e. The van der Waals surface area contributed by atoms with Crippen LogP contribution in [0.5, 0.6) is 23.0 Å². The molecule has 6 nitrogen and oxygen atoms in total. The number of hydrogen-bond donors (Lipinski definition) is 1. The highest BCUT2D eigenvalue weighted by molar-refractivity contribution is 5.95. The Morgan fingerprint density at radius 1 is 0.963 bits per heavy atom. The first kappa shape index (κ1) is 20.4. The number of methoxy groups -OCH3 is 3. The number of nitrogens with one attached hydrogen (secondary N) is 1. The van der Waals surface area contributed by atoms with Crippen molar-refractivity contribution in [3.8, 4) is 23.0 Å². The predicted octanol–water partition coefficient (Wildman–Crippen LogP) is 3.64. The molecule has 146 valence electrons. The fourth-order valence-electron chi connectivity index (χ4n) is 2.60. The van der Waals surface area contributed by atoms with Crippen LogP contribution >= 0.6 is 0 Å². The highest BCUT2D eigenvalue weighted by Gasteiger charge is 2.16. The Kier molecular flexibility index (Phi) is 7.34. The van der Waals surface area contributed by atoms with Crippen molar-refractivity contribution in [2.24, 2.45) is 0 Å². The molecule has 0 radical (unpaired) electrons. The topological polar surface area (TPSA) is 66.0 Å². The lowest BCUT2D eigenvalue weighted by Crippen LogP contribution is -2.28. The SMILES string of the molecule is COc1cc(C(=O)NCCOc2ccc(C(C)C)cc2)cc(OC)c1OC. The van der Waals surface area contributed by atoms with Gasteiger partial charge < -0.3 is 24.3 Å². The van der Waals surface area contributed by atoms with E-state index in [1.807, 2.05) is 12.1 Å². The van der Waals surface area contributed by atoms with Crippen LogP contribution in [0.2, 0.25) is 0 Å². The smallest absolute Gasteiger partial charge is 0.251 e. The highest BCUT2D eigenvalue weighted by atomic mass is 16.5. The van der Waals surface area contributed by atoms with Gasteiger partial charge in [-0.1, -0.05) is 26.0 Å². The van der Waals surface area contributed by atoms with Crippen molar-refractivity contribution in [1.82, 2.24) is 5.32 Å². The van der Waals surface area contributed by atoms with Crippen molar-refractivity contribution >= 4 is 5.91 Å². The van der Waals surface area contributed by atoms with E-state index in [1.165, 1.54) is 26.9 Å². The van der Waals surface area contributed by atoms with Gasteiger partial charge in [0.1, 0.15) is 12.4 Å². The van der Waals surface area contributed by atoms with Gasteiger partial charge in [-0.2, -0.15) is 0 Å². The molecule has 0 unspecified atom stereocenters. The van der Waals surface area contributed by atoms with Gasteiger partial charge in [0.25, 0.3) is 5.91 Å². The molecular formula is C21H27NO5. The normalized spacial score (nSPS) is 10.4. The van der Waals surface area contributed by atoms with Gasteiger partial charge in [0, 0.05) is 5.56 Å². The van der Waals surface area contributed by atoms with Gasteiger partial charge in [-0.15, -0.1) is 0 Å². The quantitative estimate of drug-likeness (QED) is 0.680. The molecule has 0 spiro atoms. The number of carbonyl (C=O) groups is 1. The van der Waals surface area contributed by atoms with Crippen molar-refractivity contribution in [2.45, 2.75) is 19.8 Å². The molecule has 27 heavy (non-hydrogen) atoms. The van der Waals surface area contributed by atoms with Crippen molar-refractivity contribution in [1.29, 1.82) is 0 Å². The average molecular weight is 373 g/mol. The zero-order valence-electron chi connectivity index (χ0n) is 16.5. The van der Waals surface area contributed by atoms with Gasteiger partial charge in [0.05, 0.1) is 27.9 Å². The maximum absolute atomic E-state index is 12.4. The number of rotatable bonds is 9. The van der Waals surface area contributed by atoms with Crippen LogP contribution in [-0.4, -0.2) is 40.4 Å². The van der Waals surface area contributed by atoms with Gasteiger partial charge in [-0.3, -0.25) is 4.79 Å². The summed E-state index contributed by atoms with van der Waals surface area (Å²) in [5.41, 5.74) is 1.68. The summed E-state index contributed by atoms with van der Waals surface area (Å²) < 4.78 is 21.5. The van der Waals surface area contributed by atoms with Crippen LogP contribution in [0.15, 0.2) is 36.4 Å². The van der Waals surface area contributed by atoms with Gasteiger partial charge in [-0.25, -0.2) is 0 Å². The van der Waals surface area contributed by atoms with E-state index in [2.05, 4.69) is 31.3 Å². The van der Waals surface area contributed by atoms with Gasteiger partial charge in [0.15, 0.2) is 11.5 Å². The van der Waals surface area contributed by atoms with Crippen LogP contribution in [0.4, 0.5) is 0 Å². The molecular weight excluding hydrogens is 346 g/mol. The molecule has 0 heterocycles. The second kappa shape index (κ2) is 9.71. The van der Waals surface area contributed by atoms with Crippen LogP contribution in [0.3, 0.4) is 0 Å². The highest BCUT2D eigenvalue weighted by Crippen LogP contribution is 2.38. The third-order valence-electron chi connectivity index (χ3n) is 4.13. The minimum atomic E-state index is -0.243. The summed E-state index contributed by atoms with van der Waals surface area (Å²) in [7, 11) is 4.54. The van der Waals surface area contributed by atoms with E-state index in [1.54, 1.807) is 12.1 Å². The minimum absolute atomic E-state index is 0.243. The summed E-state index contributed by atoms with van der Waals surface area (Å²) in [5.74, 6) is 2.34. The Hall–Kier alpha value is -2.89. The Bertz CT molecular complexity index is 731. The van der Waals surface area contributed by atoms with E-state index >= 15 is 0 Å². The molecule has 2 aromatic rings. The number of benzene rings is 2. The molecule has 2 rings (SSSR count). The van der Waals surface area contributed by atoms with Crippen LogP contribution in [-0.2, 0) is 0 Å². The Morgan fingerprint density at radius 2 is 1.56 bits per heavy atom. The van der Waals surface area contributed by atoms with E-state index < -0.39 is 0 Å². The summed E-state index contributed by atoms with van der Waals surface area (Å²) in [6, 6.07) is 11.2. The second-order valence-corrected chi connectivity index (χ2v) is 6.24. The van der Waals surface area contributed by atoms with Crippen LogP contribution < -0.4 is 24.3 Å². The first-order chi connectivity index (χ1) is 13.0. The van der Waals surface area contributed by atoms with Crippen molar-refractivity contribution in [3.63, 3.8) is 0 Å². The maximum atomic E-state index is 12.4. The van der Waals surface area contributed by atoms with Crippen LogP contribution in [0.1, 0.15) is 35.7 Å². The molecule has 0 bridgehead atoms. The number of carbonyl (C=O) groups excluding carboxylic acids is 1. The summed E-state index contributed by atoms with van der Waals surface area (Å²) in [5, 5.41) is 2.82. The molecule has 0 atom stereocenters. The molecule has 0 aromatic heterocycles. The zero-order valence-corrected chi connectivity index (χ0v) is 16.5. The summed E-state index contributed by atoms with van der Waals surface area (Å²) in [6.45, 7) is 5.04.